The number of nitrogens with two attached hydrogens (primary N) is 1. The van der Waals surface area contributed by atoms with Crippen molar-refractivity contribution in [1.82, 2.24) is 10.1 Å². The zero-order valence-electron chi connectivity index (χ0n) is 18.1. The predicted molar refractivity (Wildman–Crippen MR) is 118 cm³/mol. The number of nitrogen functional groups attached to an aromatic ring is 1. The van der Waals surface area contributed by atoms with Crippen LogP contribution in [0.1, 0.15) is 89.4 Å². The molecule has 2 aromatic rings. The molecular formula is C24H35N3O3. The first-order valence-electron chi connectivity index (χ1n) is 11.5. The summed E-state index contributed by atoms with van der Waals surface area (Å²) in [6.45, 7) is 2.56. The summed E-state index contributed by atoms with van der Waals surface area (Å²) in [5.41, 5.74) is 7.31. The minimum Gasteiger partial charge on any atom is -0.466 e. The van der Waals surface area contributed by atoms with E-state index in [4.69, 9.17) is 15.0 Å². The monoisotopic (exact) mass is 413 g/mol. The third-order valence-corrected chi connectivity index (χ3v) is 6.02. The Hall–Kier alpha value is -2.37. The maximum absolute atomic E-state index is 12.4. The topological polar surface area (TPSA) is 91.2 Å². The van der Waals surface area contributed by atoms with E-state index >= 15 is 0 Å². The summed E-state index contributed by atoms with van der Waals surface area (Å²) < 4.78 is 11.0. The van der Waals surface area contributed by atoms with Crippen LogP contribution in [-0.2, 0) is 9.53 Å². The summed E-state index contributed by atoms with van der Waals surface area (Å²) in [6.07, 6.45) is 12.1. The van der Waals surface area contributed by atoms with E-state index in [2.05, 4.69) is 17.1 Å². The normalized spacial score (nSPS) is 15.8. The minimum absolute atomic E-state index is 0.0993. The van der Waals surface area contributed by atoms with Gasteiger partial charge in [-0.15, -0.1) is 0 Å². The van der Waals surface area contributed by atoms with Crippen LogP contribution in [0.3, 0.4) is 0 Å². The van der Waals surface area contributed by atoms with Gasteiger partial charge in [-0.1, -0.05) is 63.4 Å². The fourth-order valence-electron chi connectivity index (χ4n) is 4.18. The standard InChI is InChI=1S/C24H35N3O3/c1-2-3-16-29-22(28)17-20(11-7-10-18-8-5-4-6-9-18)24-26-23(27-30-24)19-12-14-21(25)15-13-19/h12-15,18,20H,2-11,16-17,25H2,1H3. The Bertz CT molecular complexity index is 766. The van der Waals surface area contributed by atoms with Gasteiger partial charge in [0.25, 0.3) is 0 Å². The molecule has 0 amide bonds. The van der Waals surface area contributed by atoms with Crippen molar-refractivity contribution in [2.45, 2.75) is 83.5 Å². The van der Waals surface area contributed by atoms with Crippen molar-refractivity contribution in [1.29, 1.82) is 0 Å². The first-order chi connectivity index (χ1) is 14.7. The second-order valence-corrected chi connectivity index (χ2v) is 8.49. The first-order valence-corrected chi connectivity index (χ1v) is 11.5. The van der Waals surface area contributed by atoms with Crippen LogP contribution in [0.4, 0.5) is 5.69 Å². The highest BCUT2D eigenvalue weighted by molar-refractivity contribution is 5.70. The lowest BCUT2D eigenvalue weighted by atomic mass is 9.84. The van der Waals surface area contributed by atoms with E-state index in [1.165, 1.54) is 38.5 Å². The molecule has 1 aliphatic carbocycles. The van der Waals surface area contributed by atoms with Crippen molar-refractivity contribution in [2.75, 3.05) is 12.3 Å². The maximum atomic E-state index is 12.4. The molecule has 1 unspecified atom stereocenters. The molecule has 0 aliphatic heterocycles. The molecule has 3 rings (SSSR count). The number of hydrogen-bond donors (Lipinski definition) is 1. The molecule has 1 atom stereocenters. The summed E-state index contributed by atoms with van der Waals surface area (Å²) in [7, 11) is 0. The molecule has 164 valence electrons. The van der Waals surface area contributed by atoms with Crippen molar-refractivity contribution < 1.29 is 14.1 Å². The lowest BCUT2D eigenvalue weighted by Crippen LogP contribution is -2.13. The summed E-state index contributed by atoms with van der Waals surface area (Å²) in [4.78, 5) is 17.0. The molecule has 1 saturated carbocycles. The molecule has 1 fully saturated rings. The Labute approximate surface area is 179 Å². The quantitative estimate of drug-likeness (QED) is 0.281. The Morgan fingerprint density at radius 2 is 1.97 bits per heavy atom. The van der Waals surface area contributed by atoms with Crippen LogP contribution >= 0.6 is 0 Å². The molecular weight excluding hydrogens is 378 g/mol. The van der Waals surface area contributed by atoms with Gasteiger partial charge in [-0.25, -0.2) is 0 Å². The number of aromatic nitrogens is 2. The number of rotatable bonds is 11. The van der Waals surface area contributed by atoms with Gasteiger partial charge in [0.2, 0.25) is 11.7 Å². The fraction of sp³-hybridized carbons (Fsp3) is 0.625. The third kappa shape index (κ3) is 6.85. The number of unbranched alkanes of at least 4 members (excludes halogenated alkanes) is 1. The number of ether oxygens (including phenoxy) is 1. The van der Waals surface area contributed by atoms with Gasteiger partial charge in [-0.3, -0.25) is 4.79 Å². The van der Waals surface area contributed by atoms with Gasteiger partial charge in [-0.05, 0) is 43.0 Å². The van der Waals surface area contributed by atoms with Crippen LogP contribution in [0.15, 0.2) is 28.8 Å². The van der Waals surface area contributed by atoms with Crippen molar-refractivity contribution in [3.63, 3.8) is 0 Å². The highest BCUT2D eigenvalue weighted by Crippen LogP contribution is 2.32. The van der Waals surface area contributed by atoms with Crippen molar-refractivity contribution >= 4 is 11.7 Å². The summed E-state index contributed by atoms with van der Waals surface area (Å²) >= 11 is 0. The number of nitrogens with zero attached hydrogens (tertiary/aromatic N) is 2. The molecule has 2 N–H and O–H groups in total. The summed E-state index contributed by atoms with van der Waals surface area (Å²) in [5, 5.41) is 4.14. The van der Waals surface area contributed by atoms with E-state index in [9.17, 15) is 4.79 Å². The highest BCUT2D eigenvalue weighted by atomic mass is 16.5. The van der Waals surface area contributed by atoms with Gasteiger partial charge >= 0.3 is 5.97 Å². The van der Waals surface area contributed by atoms with Crippen molar-refractivity contribution in [3.05, 3.63) is 30.2 Å². The Morgan fingerprint density at radius 1 is 1.20 bits per heavy atom. The fourth-order valence-corrected chi connectivity index (χ4v) is 4.18. The number of hydrogen-bond acceptors (Lipinski definition) is 6. The van der Waals surface area contributed by atoms with Crippen LogP contribution < -0.4 is 5.73 Å². The van der Waals surface area contributed by atoms with E-state index in [1.54, 1.807) is 0 Å². The zero-order valence-corrected chi connectivity index (χ0v) is 18.1. The van der Waals surface area contributed by atoms with Gasteiger partial charge in [0.1, 0.15) is 0 Å². The smallest absolute Gasteiger partial charge is 0.306 e. The molecule has 6 nitrogen and oxygen atoms in total. The van der Waals surface area contributed by atoms with E-state index in [1.807, 2.05) is 24.3 Å². The molecule has 1 aromatic heterocycles. The van der Waals surface area contributed by atoms with Crippen molar-refractivity contribution in [2.24, 2.45) is 5.92 Å². The number of carbonyl (C=O) groups is 1. The minimum atomic E-state index is -0.182. The lowest BCUT2D eigenvalue weighted by molar-refractivity contribution is -0.144. The Balaban J connectivity index is 1.63. The average Bonchev–Trinajstić information content (AvgIpc) is 3.25. The second kappa shape index (κ2) is 11.7. The molecule has 0 spiro atoms. The predicted octanol–water partition coefficient (Wildman–Crippen LogP) is 5.89. The average molecular weight is 414 g/mol. The molecule has 0 bridgehead atoms. The van der Waals surface area contributed by atoms with Crippen LogP contribution in [0.2, 0.25) is 0 Å². The third-order valence-electron chi connectivity index (χ3n) is 6.02. The largest absolute Gasteiger partial charge is 0.466 e. The zero-order chi connectivity index (χ0) is 21.2. The van der Waals surface area contributed by atoms with E-state index in [-0.39, 0.29) is 18.3 Å². The van der Waals surface area contributed by atoms with Crippen LogP contribution in [-0.4, -0.2) is 22.7 Å². The van der Waals surface area contributed by atoms with Gasteiger partial charge in [0.05, 0.1) is 13.0 Å². The molecule has 0 radical (unpaired) electrons. The van der Waals surface area contributed by atoms with E-state index in [0.29, 0.717) is 24.0 Å². The molecule has 1 aliphatic rings. The van der Waals surface area contributed by atoms with Crippen LogP contribution in [0.5, 0.6) is 0 Å². The van der Waals surface area contributed by atoms with E-state index in [0.717, 1.165) is 37.2 Å². The van der Waals surface area contributed by atoms with E-state index < -0.39 is 0 Å². The molecule has 0 saturated heterocycles. The highest BCUT2D eigenvalue weighted by Gasteiger charge is 2.24. The summed E-state index contributed by atoms with van der Waals surface area (Å²) in [5.74, 6) is 1.60. The first kappa shape index (κ1) is 22.3. The molecule has 30 heavy (non-hydrogen) atoms. The summed E-state index contributed by atoms with van der Waals surface area (Å²) in [6, 6.07) is 7.39. The number of benzene rings is 1. The second-order valence-electron chi connectivity index (χ2n) is 8.49. The van der Waals surface area contributed by atoms with Gasteiger partial charge in [-0.2, -0.15) is 4.98 Å². The SMILES string of the molecule is CCCCOC(=O)CC(CCCC1CCCCC1)c1nc(-c2ccc(N)cc2)no1. The molecule has 1 heterocycles. The number of anilines is 1. The maximum Gasteiger partial charge on any atom is 0.306 e. The van der Waals surface area contributed by atoms with Crippen LogP contribution in [0, 0.1) is 5.92 Å². The Kier molecular flexibility index (Phi) is 8.72. The molecule has 1 aromatic carbocycles. The molecule has 6 heteroatoms. The van der Waals surface area contributed by atoms with Gasteiger partial charge in [0.15, 0.2) is 0 Å². The number of carbonyl (C=O) groups excluding carboxylic acids is 1. The van der Waals surface area contributed by atoms with Crippen LogP contribution in [0.25, 0.3) is 11.4 Å². The lowest BCUT2D eigenvalue weighted by Gasteiger charge is -2.22. The number of esters is 1. The Morgan fingerprint density at radius 3 is 2.70 bits per heavy atom. The van der Waals surface area contributed by atoms with Crippen molar-refractivity contribution in [3.8, 4) is 11.4 Å². The van der Waals surface area contributed by atoms with Gasteiger partial charge in [0, 0.05) is 17.2 Å². The van der Waals surface area contributed by atoms with Gasteiger partial charge < -0.3 is 15.0 Å².